The molecule has 0 aliphatic rings. The highest BCUT2D eigenvalue weighted by atomic mass is 32.2. The quantitative estimate of drug-likeness (QED) is 0.461. The standard InChI is InChI=1S/C12H19NS3/c1-12(2,3)6-5-7-13-8-9(14)10(15)11(8)16-4/h13H,5-7H2,1-4H3. The summed E-state index contributed by atoms with van der Waals surface area (Å²) < 4.78 is 1.70. The normalized spacial score (nSPS) is 12.0. The fraction of sp³-hybridized carbons (Fsp3) is 0.667. The van der Waals surface area contributed by atoms with Gasteiger partial charge in [-0.1, -0.05) is 45.2 Å². The fourth-order valence-electron chi connectivity index (χ4n) is 1.56. The molecule has 16 heavy (non-hydrogen) atoms. The van der Waals surface area contributed by atoms with Gasteiger partial charge in [0.1, 0.15) is 0 Å². The third kappa shape index (κ3) is 3.54. The predicted molar refractivity (Wildman–Crippen MR) is 79.4 cm³/mol. The Hall–Kier alpha value is 0.0700. The van der Waals surface area contributed by atoms with Crippen LogP contribution in [0.3, 0.4) is 0 Å². The Morgan fingerprint density at radius 3 is 2.31 bits per heavy atom. The van der Waals surface area contributed by atoms with Crippen LogP contribution in [0.2, 0.25) is 0 Å². The molecule has 1 nitrogen and oxygen atoms in total. The Kier molecular flexibility index (Phi) is 4.95. The molecule has 4 heteroatoms. The van der Waals surface area contributed by atoms with E-state index in [0.717, 1.165) is 26.1 Å². The molecule has 0 saturated heterocycles. The van der Waals surface area contributed by atoms with E-state index in [1.807, 2.05) is 6.26 Å². The number of thioether (sulfide) groups is 1. The summed E-state index contributed by atoms with van der Waals surface area (Å²) in [6.45, 7) is 7.79. The molecule has 0 aliphatic carbocycles. The first kappa shape index (κ1) is 14.1. The highest BCUT2D eigenvalue weighted by Gasteiger charge is 2.14. The van der Waals surface area contributed by atoms with Crippen molar-refractivity contribution in [2.45, 2.75) is 38.5 Å². The molecule has 0 heterocycles. The summed E-state index contributed by atoms with van der Waals surface area (Å²) in [5.74, 6) is 0. The van der Waals surface area contributed by atoms with E-state index >= 15 is 0 Å². The van der Waals surface area contributed by atoms with Crippen LogP contribution in [0.1, 0.15) is 33.6 Å². The monoisotopic (exact) mass is 273 g/mol. The van der Waals surface area contributed by atoms with Crippen LogP contribution in [0.4, 0.5) is 5.69 Å². The molecule has 1 N–H and O–H groups in total. The molecule has 0 amide bonds. The third-order valence-corrected chi connectivity index (χ3v) is 4.37. The topological polar surface area (TPSA) is 12.0 Å². The van der Waals surface area contributed by atoms with Gasteiger partial charge in [-0.15, -0.1) is 11.8 Å². The van der Waals surface area contributed by atoms with Gasteiger partial charge in [0.2, 0.25) is 0 Å². The molecule has 0 bridgehead atoms. The summed E-state index contributed by atoms with van der Waals surface area (Å²) >= 11 is 12.1. The Balaban J connectivity index is 2.42. The van der Waals surface area contributed by atoms with Gasteiger partial charge in [0.25, 0.3) is 0 Å². The predicted octanol–water partition coefficient (Wildman–Crippen LogP) is 4.98. The molecule has 1 aromatic rings. The zero-order chi connectivity index (χ0) is 12.3. The van der Waals surface area contributed by atoms with E-state index in [4.69, 9.17) is 24.4 Å². The van der Waals surface area contributed by atoms with E-state index in [2.05, 4.69) is 26.1 Å². The van der Waals surface area contributed by atoms with E-state index in [1.54, 1.807) is 11.8 Å². The Labute approximate surface area is 113 Å². The molecule has 0 radical (unpaired) electrons. The smallest absolute Gasteiger partial charge is 0.0813 e. The van der Waals surface area contributed by atoms with Gasteiger partial charge in [0.15, 0.2) is 0 Å². The second-order valence-electron chi connectivity index (χ2n) is 5.16. The number of anilines is 1. The molecule has 90 valence electrons. The lowest BCUT2D eigenvalue weighted by Gasteiger charge is -2.19. The van der Waals surface area contributed by atoms with Gasteiger partial charge in [0, 0.05) is 6.54 Å². The summed E-state index contributed by atoms with van der Waals surface area (Å²) in [5, 5.41) is 3.40. The zero-order valence-corrected chi connectivity index (χ0v) is 12.8. The number of rotatable bonds is 5. The molecule has 0 spiro atoms. The fourth-order valence-corrected chi connectivity index (χ4v) is 3.08. The first-order valence-corrected chi connectivity index (χ1v) is 7.52. The molecule has 1 rings (SSSR count). The first-order chi connectivity index (χ1) is 7.37. The van der Waals surface area contributed by atoms with Crippen LogP contribution in [0, 0.1) is 14.4 Å². The number of hydrogen-bond donors (Lipinski definition) is 1. The SMILES string of the molecule is CSc1c(NCCCC(C)(C)C)c(=S)c1=S. The molecule has 0 unspecified atom stereocenters. The van der Waals surface area contributed by atoms with Crippen molar-refractivity contribution in [2.75, 3.05) is 18.1 Å². The second kappa shape index (κ2) is 5.61. The third-order valence-electron chi connectivity index (χ3n) is 2.48. The molecule has 0 fully saturated rings. The molecule has 0 saturated carbocycles. The van der Waals surface area contributed by atoms with Gasteiger partial charge in [-0.05, 0) is 24.5 Å². The molecule has 0 atom stereocenters. The van der Waals surface area contributed by atoms with Gasteiger partial charge in [-0.25, -0.2) is 0 Å². The van der Waals surface area contributed by atoms with Gasteiger partial charge in [-0.3, -0.25) is 0 Å². The van der Waals surface area contributed by atoms with Crippen molar-refractivity contribution in [3.05, 3.63) is 9.02 Å². The van der Waals surface area contributed by atoms with Crippen LogP contribution in [-0.4, -0.2) is 12.8 Å². The first-order valence-electron chi connectivity index (χ1n) is 5.48. The Morgan fingerprint density at radius 2 is 1.81 bits per heavy atom. The van der Waals surface area contributed by atoms with Crippen LogP contribution < -0.4 is 5.32 Å². The van der Waals surface area contributed by atoms with E-state index < -0.39 is 0 Å². The minimum absolute atomic E-state index is 0.411. The van der Waals surface area contributed by atoms with Crippen LogP contribution in [0.15, 0.2) is 4.90 Å². The van der Waals surface area contributed by atoms with Crippen molar-refractivity contribution in [1.82, 2.24) is 0 Å². The summed E-state index contributed by atoms with van der Waals surface area (Å²) in [6, 6.07) is 0. The zero-order valence-electron chi connectivity index (χ0n) is 10.3. The van der Waals surface area contributed by atoms with E-state index in [0.29, 0.717) is 5.41 Å². The van der Waals surface area contributed by atoms with E-state index in [1.165, 1.54) is 12.8 Å². The van der Waals surface area contributed by atoms with Gasteiger partial charge < -0.3 is 5.32 Å². The molecular weight excluding hydrogens is 254 g/mol. The maximum Gasteiger partial charge on any atom is 0.0813 e. The minimum Gasteiger partial charge on any atom is -0.383 e. The van der Waals surface area contributed by atoms with Crippen LogP contribution in [-0.2, 0) is 0 Å². The van der Waals surface area contributed by atoms with Crippen LogP contribution in [0.5, 0.6) is 0 Å². The van der Waals surface area contributed by atoms with Gasteiger partial charge in [-0.2, -0.15) is 0 Å². The highest BCUT2D eigenvalue weighted by Crippen LogP contribution is 2.34. The maximum absolute atomic E-state index is 5.22. The summed E-state index contributed by atoms with van der Waals surface area (Å²) in [7, 11) is 0. The lowest BCUT2D eigenvalue weighted by molar-refractivity contribution is 0.370. The lowest BCUT2D eigenvalue weighted by Crippen LogP contribution is -2.11. The summed E-state index contributed by atoms with van der Waals surface area (Å²) in [4.78, 5) is 1.16. The highest BCUT2D eigenvalue weighted by molar-refractivity contribution is 7.99. The lowest BCUT2D eigenvalue weighted by atomic mass is 9.91. The largest absolute Gasteiger partial charge is 0.383 e. The van der Waals surface area contributed by atoms with E-state index in [-0.39, 0.29) is 0 Å². The van der Waals surface area contributed by atoms with E-state index in [9.17, 15) is 0 Å². The maximum atomic E-state index is 5.22. The number of hydrogen-bond acceptors (Lipinski definition) is 4. The molecule has 0 aliphatic heterocycles. The molecule has 1 aromatic carbocycles. The molecular formula is C12H19NS3. The van der Waals surface area contributed by atoms with Crippen molar-refractivity contribution in [3.8, 4) is 0 Å². The average Bonchev–Trinajstić information content (AvgIpc) is 2.20. The number of nitrogens with one attached hydrogen (secondary N) is 1. The van der Waals surface area contributed by atoms with Gasteiger partial charge >= 0.3 is 0 Å². The average molecular weight is 273 g/mol. The summed E-state index contributed by atoms with van der Waals surface area (Å²) in [5.41, 5.74) is 1.51. The van der Waals surface area contributed by atoms with Crippen molar-refractivity contribution in [1.29, 1.82) is 0 Å². The van der Waals surface area contributed by atoms with Crippen LogP contribution in [0.25, 0.3) is 0 Å². The van der Waals surface area contributed by atoms with Crippen molar-refractivity contribution >= 4 is 41.9 Å². The molecule has 0 aromatic heterocycles. The van der Waals surface area contributed by atoms with Crippen LogP contribution >= 0.6 is 36.2 Å². The summed E-state index contributed by atoms with van der Waals surface area (Å²) in [6.07, 6.45) is 4.43. The Morgan fingerprint density at radius 1 is 1.19 bits per heavy atom. The van der Waals surface area contributed by atoms with Crippen molar-refractivity contribution < 1.29 is 0 Å². The van der Waals surface area contributed by atoms with Gasteiger partial charge in [0.05, 0.1) is 19.6 Å². The minimum atomic E-state index is 0.411. The van der Waals surface area contributed by atoms with Crippen molar-refractivity contribution in [3.63, 3.8) is 0 Å². The Bertz CT molecular complexity index is 422. The second-order valence-corrected chi connectivity index (χ2v) is 6.79. The van der Waals surface area contributed by atoms with Crippen molar-refractivity contribution in [2.24, 2.45) is 5.41 Å².